The summed E-state index contributed by atoms with van der Waals surface area (Å²) in [5.74, 6) is -1.71. The molecule has 4 amide bonds. The second kappa shape index (κ2) is 7.77. The summed E-state index contributed by atoms with van der Waals surface area (Å²) in [7, 11) is 0. The summed E-state index contributed by atoms with van der Waals surface area (Å²) in [4.78, 5) is 53.8. The third kappa shape index (κ3) is 3.41. The Hall–Kier alpha value is -3.69. The highest BCUT2D eigenvalue weighted by atomic mass is 19.1. The molecule has 2 aromatic rings. The standard InChI is InChI=1S/C22H21FN4O5/c23-15-11-14-13(12-27(21(14)30)16-3-4-19(28)24-20(16)29)10-17(15)25-5-7-26(8-6-25)22(31)18-2-1-9-32-18/h1-2,9-11,16H,3-8,12H2,(H,24,28,29). The molecule has 1 atom stereocenters. The zero-order valence-electron chi connectivity index (χ0n) is 17.2. The number of piperidine rings is 1. The molecule has 0 radical (unpaired) electrons. The van der Waals surface area contributed by atoms with E-state index in [1.165, 1.54) is 17.2 Å². The van der Waals surface area contributed by atoms with Crippen LogP contribution in [-0.4, -0.2) is 65.6 Å². The Balaban J connectivity index is 1.30. The number of hydrogen-bond donors (Lipinski definition) is 1. The van der Waals surface area contributed by atoms with Gasteiger partial charge in [-0.05, 0) is 36.2 Å². The minimum atomic E-state index is -0.740. The van der Waals surface area contributed by atoms with Crippen molar-refractivity contribution in [2.75, 3.05) is 31.1 Å². The van der Waals surface area contributed by atoms with Gasteiger partial charge in [-0.25, -0.2) is 4.39 Å². The van der Waals surface area contributed by atoms with Crippen molar-refractivity contribution in [3.05, 3.63) is 53.2 Å². The third-order valence-corrected chi connectivity index (χ3v) is 6.23. The van der Waals surface area contributed by atoms with Gasteiger partial charge in [0.15, 0.2) is 5.76 Å². The van der Waals surface area contributed by atoms with Gasteiger partial charge in [0.2, 0.25) is 11.8 Å². The van der Waals surface area contributed by atoms with Crippen molar-refractivity contribution in [3.63, 3.8) is 0 Å². The lowest BCUT2D eigenvalue weighted by molar-refractivity contribution is -0.136. The van der Waals surface area contributed by atoms with Crippen molar-refractivity contribution in [2.45, 2.75) is 25.4 Å². The summed E-state index contributed by atoms with van der Waals surface area (Å²) >= 11 is 0. The zero-order chi connectivity index (χ0) is 22.4. The summed E-state index contributed by atoms with van der Waals surface area (Å²) in [5, 5.41) is 2.26. The second-order valence-corrected chi connectivity index (χ2v) is 8.12. The van der Waals surface area contributed by atoms with E-state index in [1.807, 2.05) is 4.90 Å². The average Bonchev–Trinajstić information content (AvgIpc) is 3.42. The van der Waals surface area contributed by atoms with Crippen molar-refractivity contribution in [1.29, 1.82) is 0 Å². The number of imide groups is 1. The molecule has 5 rings (SSSR count). The molecule has 4 heterocycles. The van der Waals surface area contributed by atoms with Crippen LogP contribution in [0.2, 0.25) is 0 Å². The zero-order valence-corrected chi connectivity index (χ0v) is 17.2. The maximum atomic E-state index is 14.9. The van der Waals surface area contributed by atoms with E-state index in [9.17, 15) is 23.6 Å². The Bertz CT molecular complexity index is 1110. The van der Waals surface area contributed by atoms with Crippen molar-refractivity contribution >= 4 is 29.3 Å². The number of carbonyl (C=O) groups excluding carboxylic acids is 4. The predicted molar refractivity (Wildman–Crippen MR) is 109 cm³/mol. The molecule has 32 heavy (non-hydrogen) atoms. The van der Waals surface area contributed by atoms with Crippen LogP contribution in [0, 0.1) is 5.82 Å². The molecule has 0 aliphatic carbocycles. The minimum absolute atomic E-state index is 0.164. The Morgan fingerprint density at radius 2 is 1.91 bits per heavy atom. The van der Waals surface area contributed by atoms with E-state index in [4.69, 9.17) is 4.42 Å². The summed E-state index contributed by atoms with van der Waals surface area (Å²) in [6.07, 6.45) is 1.87. The van der Waals surface area contributed by atoms with Gasteiger partial charge in [-0.3, -0.25) is 24.5 Å². The molecule has 0 saturated carbocycles. The summed E-state index contributed by atoms with van der Waals surface area (Å²) in [6.45, 7) is 1.89. The highest BCUT2D eigenvalue weighted by Crippen LogP contribution is 2.33. The van der Waals surface area contributed by atoms with E-state index in [-0.39, 0.29) is 42.5 Å². The average molecular weight is 440 g/mol. The third-order valence-electron chi connectivity index (χ3n) is 6.23. The Morgan fingerprint density at radius 1 is 1.12 bits per heavy atom. The SMILES string of the molecule is O=C1CCC(N2Cc3cc(N4CCN(C(=O)c5ccco5)CC4)c(F)cc3C2=O)C(=O)N1. The molecule has 0 bridgehead atoms. The van der Waals surface area contributed by atoms with Gasteiger partial charge in [-0.1, -0.05) is 0 Å². The second-order valence-electron chi connectivity index (χ2n) is 8.12. The Morgan fingerprint density at radius 3 is 2.59 bits per heavy atom. The number of anilines is 1. The first-order chi connectivity index (χ1) is 15.4. The van der Waals surface area contributed by atoms with Crippen LogP contribution in [0.1, 0.15) is 39.3 Å². The molecule has 1 N–H and O–H groups in total. The van der Waals surface area contributed by atoms with Gasteiger partial charge in [0.25, 0.3) is 11.8 Å². The van der Waals surface area contributed by atoms with Gasteiger partial charge < -0.3 is 19.1 Å². The lowest BCUT2D eigenvalue weighted by Gasteiger charge is -2.36. The normalized spacial score (nSPS) is 21.1. The molecular formula is C22H21FN4O5. The van der Waals surface area contributed by atoms with E-state index >= 15 is 0 Å². The van der Waals surface area contributed by atoms with Crippen LogP contribution in [0.4, 0.5) is 10.1 Å². The number of nitrogens with zero attached hydrogens (tertiary/aromatic N) is 3. The number of hydrogen-bond acceptors (Lipinski definition) is 6. The van der Waals surface area contributed by atoms with Gasteiger partial charge in [0.05, 0.1) is 12.0 Å². The number of carbonyl (C=O) groups is 4. The van der Waals surface area contributed by atoms with Crippen molar-refractivity contribution < 1.29 is 28.0 Å². The van der Waals surface area contributed by atoms with Crippen LogP contribution in [-0.2, 0) is 16.1 Å². The highest BCUT2D eigenvalue weighted by Gasteiger charge is 2.40. The molecule has 10 heteroatoms. The predicted octanol–water partition coefficient (Wildman–Crippen LogP) is 1.14. The minimum Gasteiger partial charge on any atom is -0.459 e. The Kier molecular flexibility index (Phi) is 4.91. The van der Waals surface area contributed by atoms with E-state index in [0.29, 0.717) is 37.4 Å². The molecule has 2 fully saturated rings. The smallest absolute Gasteiger partial charge is 0.289 e. The number of halogens is 1. The fourth-order valence-corrected chi connectivity index (χ4v) is 4.53. The van der Waals surface area contributed by atoms with Gasteiger partial charge in [-0.15, -0.1) is 0 Å². The molecule has 9 nitrogen and oxygen atoms in total. The van der Waals surface area contributed by atoms with Crippen LogP contribution in [0.5, 0.6) is 0 Å². The first-order valence-corrected chi connectivity index (χ1v) is 10.5. The lowest BCUT2D eigenvalue weighted by Crippen LogP contribution is -2.52. The molecule has 3 aliphatic rings. The van der Waals surface area contributed by atoms with E-state index in [0.717, 1.165) is 0 Å². The maximum Gasteiger partial charge on any atom is 0.289 e. The van der Waals surface area contributed by atoms with Crippen LogP contribution in [0.25, 0.3) is 0 Å². The van der Waals surface area contributed by atoms with Crippen molar-refractivity contribution in [1.82, 2.24) is 15.1 Å². The number of amides is 4. The molecule has 2 saturated heterocycles. The lowest BCUT2D eigenvalue weighted by atomic mass is 10.0. The summed E-state index contributed by atoms with van der Waals surface area (Å²) in [6, 6.07) is 5.40. The van der Waals surface area contributed by atoms with Gasteiger partial charge >= 0.3 is 0 Å². The number of nitrogens with one attached hydrogen (secondary N) is 1. The molecule has 1 aromatic heterocycles. The van der Waals surface area contributed by atoms with Gasteiger partial charge in [0, 0.05) is 44.7 Å². The highest BCUT2D eigenvalue weighted by molar-refractivity contribution is 6.05. The molecule has 0 spiro atoms. The largest absolute Gasteiger partial charge is 0.459 e. The van der Waals surface area contributed by atoms with E-state index < -0.39 is 23.7 Å². The summed E-state index contributed by atoms with van der Waals surface area (Å²) in [5.41, 5.74) is 1.25. The topological polar surface area (TPSA) is 103 Å². The first kappa shape index (κ1) is 20.2. The van der Waals surface area contributed by atoms with Crippen LogP contribution in [0.15, 0.2) is 34.9 Å². The fourth-order valence-electron chi connectivity index (χ4n) is 4.53. The van der Waals surface area contributed by atoms with Crippen LogP contribution >= 0.6 is 0 Å². The maximum absolute atomic E-state index is 14.9. The number of rotatable bonds is 3. The van der Waals surface area contributed by atoms with E-state index in [2.05, 4.69) is 5.32 Å². The number of piperazine rings is 1. The number of fused-ring (bicyclic) bond motifs is 1. The molecule has 1 aromatic carbocycles. The van der Waals surface area contributed by atoms with Crippen LogP contribution < -0.4 is 10.2 Å². The van der Waals surface area contributed by atoms with Crippen molar-refractivity contribution in [2.24, 2.45) is 0 Å². The monoisotopic (exact) mass is 440 g/mol. The quantitative estimate of drug-likeness (QED) is 0.718. The van der Waals surface area contributed by atoms with Crippen LogP contribution in [0.3, 0.4) is 0 Å². The van der Waals surface area contributed by atoms with Gasteiger partial charge in [0.1, 0.15) is 11.9 Å². The summed E-state index contributed by atoms with van der Waals surface area (Å²) < 4.78 is 20.1. The molecule has 1 unspecified atom stereocenters. The number of benzene rings is 1. The Labute approximate surface area is 182 Å². The molecular weight excluding hydrogens is 419 g/mol. The number of furan rings is 1. The molecule has 3 aliphatic heterocycles. The van der Waals surface area contributed by atoms with Gasteiger partial charge in [-0.2, -0.15) is 0 Å². The molecule has 166 valence electrons. The van der Waals surface area contributed by atoms with Crippen molar-refractivity contribution in [3.8, 4) is 0 Å². The van der Waals surface area contributed by atoms with E-state index in [1.54, 1.807) is 23.1 Å². The fraction of sp³-hybridized carbons (Fsp3) is 0.364. The first-order valence-electron chi connectivity index (χ1n) is 10.5.